The zero-order valence-electron chi connectivity index (χ0n) is 19.9. The quantitative estimate of drug-likeness (QED) is 0.350. The lowest BCUT2D eigenvalue weighted by Gasteiger charge is -2.25. The molecule has 2 amide bonds. The molecular weight excluding hydrogens is 462 g/mol. The summed E-state index contributed by atoms with van der Waals surface area (Å²) in [6.07, 6.45) is 3.48. The molecular formula is C26H29N5O3S. The Morgan fingerprint density at radius 2 is 1.97 bits per heavy atom. The topological polar surface area (TPSA) is 89.3 Å². The minimum Gasteiger partial charge on any atom is -0.495 e. The second-order valence-corrected chi connectivity index (χ2v) is 9.19. The first-order valence-electron chi connectivity index (χ1n) is 11.5. The van der Waals surface area contributed by atoms with Crippen molar-refractivity contribution in [1.29, 1.82) is 0 Å². The fraction of sp³-hybridized carbons (Fsp3) is 0.308. The van der Waals surface area contributed by atoms with Gasteiger partial charge in [0.25, 0.3) is 5.91 Å². The van der Waals surface area contributed by atoms with Gasteiger partial charge in [0.15, 0.2) is 11.0 Å². The van der Waals surface area contributed by atoms with Gasteiger partial charge in [-0.1, -0.05) is 48.2 Å². The van der Waals surface area contributed by atoms with Crippen LogP contribution >= 0.6 is 11.8 Å². The van der Waals surface area contributed by atoms with E-state index in [1.54, 1.807) is 25.3 Å². The second-order valence-electron chi connectivity index (χ2n) is 8.25. The molecule has 0 radical (unpaired) electrons. The van der Waals surface area contributed by atoms with Crippen molar-refractivity contribution in [3.8, 4) is 5.75 Å². The molecule has 0 saturated carbocycles. The van der Waals surface area contributed by atoms with E-state index in [9.17, 15) is 9.59 Å². The number of carbonyl (C=O) groups is 2. The number of thioether (sulfide) groups is 1. The van der Waals surface area contributed by atoms with Crippen molar-refractivity contribution in [3.63, 3.8) is 0 Å². The molecule has 4 rings (SSSR count). The molecule has 2 aromatic carbocycles. The monoisotopic (exact) mass is 491 g/mol. The van der Waals surface area contributed by atoms with Crippen LogP contribution in [0.25, 0.3) is 0 Å². The number of benzene rings is 2. The summed E-state index contributed by atoms with van der Waals surface area (Å²) < 4.78 is 7.24. The van der Waals surface area contributed by atoms with Gasteiger partial charge in [-0.05, 0) is 43.5 Å². The molecule has 35 heavy (non-hydrogen) atoms. The van der Waals surface area contributed by atoms with Crippen molar-refractivity contribution in [1.82, 2.24) is 19.7 Å². The van der Waals surface area contributed by atoms with E-state index in [1.165, 1.54) is 11.8 Å². The molecule has 1 N–H and O–H groups in total. The Morgan fingerprint density at radius 3 is 2.74 bits per heavy atom. The first-order chi connectivity index (χ1) is 17.0. The van der Waals surface area contributed by atoms with Gasteiger partial charge in [-0.3, -0.25) is 9.59 Å². The molecule has 1 aliphatic heterocycles. The molecule has 9 heteroatoms. The first kappa shape index (κ1) is 24.5. The number of para-hydroxylation sites is 2. The summed E-state index contributed by atoms with van der Waals surface area (Å²) in [4.78, 5) is 27.8. The lowest BCUT2D eigenvalue weighted by Crippen LogP contribution is -2.32. The number of hydrogen-bond donors (Lipinski definition) is 1. The van der Waals surface area contributed by atoms with Gasteiger partial charge in [-0.25, -0.2) is 0 Å². The second kappa shape index (κ2) is 11.2. The minimum atomic E-state index is -0.175. The Balaban J connectivity index is 1.50. The number of nitrogens with zero attached hydrogens (tertiary/aromatic N) is 4. The van der Waals surface area contributed by atoms with Gasteiger partial charge in [0.05, 0.1) is 24.6 Å². The number of aryl methyl sites for hydroxylation is 1. The van der Waals surface area contributed by atoms with E-state index in [-0.39, 0.29) is 23.6 Å². The van der Waals surface area contributed by atoms with Crippen LogP contribution in [0, 0.1) is 6.92 Å². The number of ether oxygens (including phenoxy) is 1. The van der Waals surface area contributed by atoms with Crippen molar-refractivity contribution in [3.05, 3.63) is 78.1 Å². The third kappa shape index (κ3) is 5.40. The maximum absolute atomic E-state index is 13.3. The summed E-state index contributed by atoms with van der Waals surface area (Å²) in [5.74, 6) is 1.30. The number of allylic oxidation sites excluding steroid dienone is 1. The Labute approximate surface area is 209 Å². The van der Waals surface area contributed by atoms with Crippen LogP contribution in [-0.4, -0.2) is 50.9 Å². The number of hydrogen-bond acceptors (Lipinski definition) is 6. The Kier molecular flexibility index (Phi) is 7.87. The van der Waals surface area contributed by atoms with Gasteiger partial charge in [0.2, 0.25) is 5.91 Å². The van der Waals surface area contributed by atoms with Crippen molar-refractivity contribution in [2.45, 2.75) is 37.5 Å². The van der Waals surface area contributed by atoms with Crippen LogP contribution < -0.4 is 10.1 Å². The number of rotatable bonds is 9. The van der Waals surface area contributed by atoms with Gasteiger partial charge < -0.3 is 19.5 Å². The third-order valence-corrected chi connectivity index (χ3v) is 6.92. The van der Waals surface area contributed by atoms with E-state index in [1.807, 2.05) is 52.8 Å². The van der Waals surface area contributed by atoms with Crippen LogP contribution in [0.2, 0.25) is 0 Å². The fourth-order valence-corrected chi connectivity index (χ4v) is 5.02. The molecule has 1 fully saturated rings. The summed E-state index contributed by atoms with van der Waals surface area (Å²) in [7, 11) is 1.56. The fourth-order valence-electron chi connectivity index (χ4n) is 4.26. The van der Waals surface area contributed by atoms with Gasteiger partial charge >= 0.3 is 0 Å². The molecule has 1 aromatic heterocycles. The minimum absolute atomic E-state index is 0.00384. The number of aromatic nitrogens is 3. The van der Waals surface area contributed by atoms with Gasteiger partial charge in [-0.2, -0.15) is 0 Å². The highest BCUT2D eigenvalue weighted by Crippen LogP contribution is 2.34. The summed E-state index contributed by atoms with van der Waals surface area (Å²) in [6, 6.07) is 14.7. The van der Waals surface area contributed by atoms with E-state index in [0.717, 1.165) is 24.2 Å². The largest absolute Gasteiger partial charge is 0.495 e. The number of carbonyl (C=O) groups excluding carboxylic acids is 2. The van der Waals surface area contributed by atoms with E-state index in [0.29, 0.717) is 35.2 Å². The molecule has 1 saturated heterocycles. The molecule has 2 heterocycles. The molecule has 182 valence electrons. The summed E-state index contributed by atoms with van der Waals surface area (Å²) >= 11 is 1.30. The van der Waals surface area contributed by atoms with Crippen molar-refractivity contribution < 1.29 is 14.3 Å². The molecule has 1 unspecified atom stereocenters. The van der Waals surface area contributed by atoms with Gasteiger partial charge in [0.1, 0.15) is 5.75 Å². The lowest BCUT2D eigenvalue weighted by atomic mass is 10.1. The zero-order chi connectivity index (χ0) is 24.8. The number of amides is 2. The molecule has 8 nitrogen and oxygen atoms in total. The molecule has 3 aromatic rings. The van der Waals surface area contributed by atoms with Crippen LogP contribution in [0.15, 0.2) is 66.3 Å². The van der Waals surface area contributed by atoms with Crippen LogP contribution in [0.3, 0.4) is 0 Å². The highest BCUT2D eigenvalue weighted by atomic mass is 32.2. The third-order valence-electron chi connectivity index (χ3n) is 5.96. The molecule has 0 aliphatic carbocycles. The first-order valence-corrected chi connectivity index (χ1v) is 12.5. The average Bonchev–Trinajstić information content (AvgIpc) is 3.50. The number of nitrogens with one attached hydrogen (secondary N) is 1. The number of likely N-dealkylation sites (tertiary alicyclic amines) is 1. The standard InChI is InChI=1S/C26H29N5O3S/c1-4-15-31-24(21-13-9-16-30(21)25(33)19-11-6-5-10-18(19)2)28-29-26(31)35-17-23(32)27-20-12-7-8-14-22(20)34-3/h4-8,10-12,14,21H,1,9,13,15-17H2,2-3H3,(H,27,32). The smallest absolute Gasteiger partial charge is 0.254 e. The van der Waals surface area contributed by atoms with E-state index >= 15 is 0 Å². The Bertz CT molecular complexity index is 1230. The maximum atomic E-state index is 13.3. The maximum Gasteiger partial charge on any atom is 0.254 e. The Morgan fingerprint density at radius 1 is 1.20 bits per heavy atom. The lowest BCUT2D eigenvalue weighted by molar-refractivity contribution is -0.113. The Hall–Kier alpha value is -3.59. The van der Waals surface area contributed by atoms with E-state index < -0.39 is 0 Å². The predicted molar refractivity (Wildman–Crippen MR) is 137 cm³/mol. The zero-order valence-corrected chi connectivity index (χ0v) is 20.8. The van der Waals surface area contributed by atoms with Crippen molar-refractivity contribution in [2.24, 2.45) is 0 Å². The van der Waals surface area contributed by atoms with E-state index in [4.69, 9.17) is 4.74 Å². The summed E-state index contributed by atoms with van der Waals surface area (Å²) in [6.45, 7) is 6.97. The average molecular weight is 492 g/mol. The highest BCUT2D eigenvalue weighted by Gasteiger charge is 2.35. The van der Waals surface area contributed by atoms with Crippen LogP contribution in [-0.2, 0) is 11.3 Å². The number of anilines is 1. The molecule has 1 atom stereocenters. The molecule has 0 bridgehead atoms. The van der Waals surface area contributed by atoms with Crippen molar-refractivity contribution >= 4 is 29.3 Å². The van der Waals surface area contributed by atoms with Gasteiger partial charge in [0, 0.05) is 18.7 Å². The van der Waals surface area contributed by atoms with E-state index in [2.05, 4.69) is 22.1 Å². The van der Waals surface area contributed by atoms with Crippen LogP contribution in [0.4, 0.5) is 5.69 Å². The van der Waals surface area contributed by atoms with Gasteiger partial charge in [-0.15, -0.1) is 16.8 Å². The molecule has 0 spiro atoms. The summed E-state index contributed by atoms with van der Waals surface area (Å²) in [5.41, 5.74) is 2.27. The van der Waals surface area contributed by atoms with Crippen LogP contribution in [0.1, 0.15) is 40.6 Å². The van der Waals surface area contributed by atoms with Crippen molar-refractivity contribution in [2.75, 3.05) is 24.7 Å². The van der Waals surface area contributed by atoms with Crippen LogP contribution in [0.5, 0.6) is 5.75 Å². The molecule has 1 aliphatic rings. The highest BCUT2D eigenvalue weighted by molar-refractivity contribution is 7.99. The number of methoxy groups -OCH3 is 1. The predicted octanol–water partition coefficient (Wildman–Crippen LogP) is 4.49. The summed E-state index contributed by atoms with van der Waals surface area (Å²) in [5, 5.41) is 12.3. The normalized spacial score (nSPS) is 15.1. The SMILES string of the molecule is C=CCn1c(SCC(=O)Nc2ccccc2OC)nnc1C1CCCN1C(=O)c1ccccc1C.